The van der Waals surface area contributed by atoms with Crippen molar-refractivity contribution < 1.29 is 4.79 Å². The van der Waals surface area contributed by atoms with Crippen molar-refractivity contribution in [1.29, 1.82) is 5.26 Å². The van der Waals surface area contributed by atoms with Gasteiger partial charge in [0.05, 0.1) is 17.3 Å². The zero-order valence-electron chi connectivity index (χ0n) is 10.1. The fourth-order valence-electron chi connectivity index (χ4n) is 1.76. The van der Waals surface area contributed by atoms with E-state index in [0.29, 0.717) is 12.1 Å². The van der Waals surface area contributed by atoms with Crippen molar-refractivity contribution in [3.63, 3.8) is 0 Å². The van der Waals surface area contributed by atoms with Crippen molar-refractivity contribution in [3.8, 4) is 6.07 Å². The van der Waals surface area contributed by atoms with Crippen molar-refractivity contribution in [3.05, 3.63) is 36.5 Å². The summed E-state index contributed by atoms with van der Waals surface area (Å²) in [5.74, 6) is -0.901. The Kier molecular flexibility index (Phi) is 3.54. The van der Waals surface area contributed by atoms with E-state index in [1.165, 1.54) is 0 Å². The van der Waals surface area contributed by atoms with Gasteiger partial charge in [-0.05, 0) is 18.6 Å². The summed E-state index contributed by atoms with van der Waals surface area (Å²) in [6, 6.07) is 11.3. The van der Waals surface area contributed by atoms with E-state index in [1.807, 2.05) is 37.3 Å². The second kappa shape index (κ2) is 5.28. The molecule has 0 bridgehead atoms. The number of amides is 1. The number of nitrogens with one attached hydrogen (secondary N) is 1. The van der Waals surface area contributed by atoms with Gasteiger partial charge in [-0.2, -0.15) is 5.26 Å². The highest BCUT2D eigenvalue weighted by Gasteiger charge is 2.16. The second-order valence-electron chi connectivity index (χ2n) is 3.96. The van der Waals surface area contributed by atoms with E-state index in [0.717, 1.165) is 10.9 Å². The molecular formula is C14H13N3O. The molecule has 0 fully saturated rings. The fourth-order valence-corrected chi connectivity index (χ4v) is 1.76. The van der Waals surface area contributed by atoms with Crippen LogP contribution < -0.4 is 5.32 Å². The van der Waals surface area contributed by atoms with Crippen LogP contribution in [-0.2, 0) is 4.79 Å². The van der Waals surface area contributed by atoms with E-state index in [9.17, 15) is 4.79 Å². The lowest BCUT2D eigenvalue weighted by atomic mass is 10.1. The Morgan fingerprint density at radius 2 is 2.22 bits per heavy atom. The summed E-state index contributed by atoms with van der Waals surface area (Å²) in [5, 5.41) is 12.6. The van der Waals surface area contributed by atoms with Crippen LogP contribution in [0.5, 0.6) is 0 Å². The Hall–Kier alpha value is -2.41. The number of benzene rings is 1. The molecule has 1 aromatic carbocycles. The number of hydrogen-bond acceptors (Lipinski definition) is 3. The predicted molar refractivity (Wildman–Crippen MR) is 69.8 cm³/mol. The average Bonchev–Trinajstić information content (AvgIpc) is 2.40. The molecule has 0 aliphatic carbocycles. The van der Waals surface area contributed by atoms with Crippen molar-refractivity contribution in [1.82, 2.24) is 4.98 Å². The van der Waals surface area contributed by atoms with Crippen LogP contribution in [0.15, 0.2) is 36.5 Å². The monoisotopic (exact) mass is 239 g/mol. The van der Waals surface area contributed by atoms with Gasteiger partial charge in [-0.25, -0.2) is 0 Å². The van der Waals surface area contributed by atoms with E-state index in [-0.39, 0.29) is 5.91 Å². The molecule has 1 unspecified atom stereocenters. The molecule has 0 aliphatic rings. The standard InChI is InChI=1S/C14H13N3O/c1-2-10(9-15)14(18)17-12-7-3-5-11-6-4-8-16-13(11)12/h3-8,10H,2H2,1H3,(H,17,18). The first-order valence-electron chi connectivity index (χ1n) is 5.80. The zero-order valence-corrected chi connectivity index (χ0v) is 10.1. The van der Waals surface area contributed by atoms with Crippen LogP contribution in [0.1, 0.15) is 13.3 Å². The summed E-state index contributed by atoms with van der Waals surface area (Å²) in [7, 11) is 0. The normalized spacial score (nSPS) is 11.8. The highest BCUT2D eigenvalue weighted by atomic mass is 16.1. The summed E-state index contributed by atoms with van der Waals surface area (Å²) in [6.45, 7) is 1.81. The molecule has 1 amide bonds. The van der Waals surface area contributed by atoms with Crippen LogP contribution in [0, 0.1) is 17.2 Å². The largest absolute Gasteiger partial charge is 0.323 e. The highest BCUT2D eigenvalue weighted by Crippen LogP contribution is 2.21. The van der Waals surface area contributed by atoms with Gasteiger partial charge in [0.15, 0.2) is 0 Å². The Balaban J connectivity index is 2.33. The predicted octanol–water partition coefficient (Wildman–Crippen LogP) is 2.72. The number of pyridine rings is 1. The Labute approximate surface area is 105 Å². The minimum Gasteiger partial charge on any atom is -0.323 e. The van der Waals surface area contributed by atoms with Gasteiger partial charge in [0.25, 0.3) is 0 Å². The van der Waals surface area contributed by atoms with Crippen LogP contribution in [0.2, 0.25) is 0 Å². The molecule has 0 spiro atoms. The molecule has 0 radical (unpaired) electrons. The topological polar surface area (TPSA) is 65.8 Å². The van der Waals surface area contributed by atoms with E-state index in [2.05, 4.69) is 10.3 Å². The quantitative estimate of drug-likeness (QED) is 0.895. The van der Waals surface area contributed by atoms with E-state index in [1.54, 1.807) is 12.3 Å². The minimum atomic E-state index is -0.621. The SMILES string of the molecule is CCC(C#N)C(=O)Nc1cccc2cccnc12. The number of carbonyl (C=O) groups excluding carboxylic acids is 1. The van der Waals surface area contributed by atoms with Crippen molar-refractivity contribution in [2.45, 2.75) is 13.3 Å². The summed E-state index contributed by atoms with van der Waals surface area (Å²) in [5.41, 5.74) is 1.38. The summed E-state index contributed by atoms with van der Waals surface area (Å²) >= 11 is 0. The summed E-state index contributed by atoms with van der Waals surface area (Å²) in [4.78, 5) is 16.1. The molecule has 1 aromatic heterocycles. The highest BCUT2D eigenvalue weighted by molar-refractivity contribution is 6.01. The van der Waals surface area contributed by atoms with E-state index >= 15 is 0 Å². The molecule has 2 rings (SSSR count). The first-order valence-corrected chi connectivity index (χ1v) is 5.80. The molecule has 1 atom stereocenters. The Morgan fingerprint density at radius 3 is 2.94 bits per heavy atom. The van der Waals surface area contributed by atoms with Crippen LogP contribution in [0.3, 0.4) is 0 Å². The Morgan fingerprint density at radius 1 is 1.44 bits per heavy atom. The third kappa shape index (κ3) is 2.30. The summed E-state index contributed by atoms with van der Waals surface area (Å²) < 4.78 is 0. The van der Waals surface area contributed by atoms with Crippen LogP contribution >= 0.6 is 0 Å². The number of hydrogen-bond donors (Lipinski definition) is 1. The van der Waals surface area contributed by atoms with Gasteiger partial charge in [0.1, 0.15) is 5.92 Å². The van der Waals surface area contributed by atoms with Gasteiger partial charge >= 0.3 is 0 Å². The lowest BCUT2D eigenvalue weighted by molar-refractivity contribution is -0.118. The number of para-hydroxylation sites is 1. The van der Waals surface area contributed by atoms with Gasteiger partial charge in [-0.1, -0.05) is 25.1 Å². The first kappa shape index (κ1) is 12.1. The molecule has 2 aromatic rings. The average molecular weight is 239 g/mol. The van der Waals surface area contributed by atoms with Gasteiger partial charge < -0.3 is 5.32 Å². The fraction of sp³-hybridized carbons (Fsp3) is 0.214. The number of nitriles is 1. The molecule has 4 nitrogen and oxygen atoms in total. The van der Waals surface area contributed by atoms with E-state index in [4.69, 9.17) is 5.26 Å². The molecule has 0 saturated carbocycles. The number of fused-ring (bicyclic) bond motifs is 1. The van der Waals surface area contributed by atoms with Gasteiger partial charge in [-0.3, -0.25) is 9.78 Å². The third-order valence-corrected chi connectivity index (χ3v) is 2.77. The summed E-state index contributed by atoms with van der Waals surface area (Å²) in [6.07, 6.45) is 2.18. The molecule has 1 heterocycles. The minimum absolute atomic E-state index is 0.279. The second-order valence-corrected chi connectivity index (χ2v) is 3.96. The Bertz CT molecular complexity index is 610. The van der Waals surface area contributed by atoms with Gasteiger partial charge in [0.2, 0.25) is 5.91 Å². The maximum atomic E-state index is 11.9. The van der Waals surface area contributed by atoms with E-state index < -0.39 is 5.92 Å². The van der Waals surface area contributed by atoms with Gasteiger partial charge in [0, 0.05) is 11.6 Å². The number of anilines is 1. The lowest BCUT2D eigenvalue weighted by Crippen LogP contribution is -2.21. The lowest BCUT2D eigenvalue weighted by Gasteiger charge is -2.10. The maximum Gasteiger partial charge on any atom is 0.241 e. The number of aromatic nitrogens is 1. The maximum absolute atomic E-state index is 11.9. The molecule has 0 saturated heterocycles. The van der Waals surface area contributed by atoms with Crippen LogP contribution in [-0.4, -0.2) is 10.9 Å². The zero-order chi connectivity index (χ0) is 13.0. The first-order chi connectivity index (χ1) is 8.76. The molecular weight excluding hydrogens is 226 g/mol. The molecule has 18 heavy (non-hydrogen) atoms. The molecule has 90 valence electrons. The number of carbonyl (C=O) groups is 1. The number of nitrogens with zero attached hydrogens (tertiary/aromatic N) is 2. The molecule has 1 N–H and O–H groups in total. The molecule has 0 aliphatic heterocycles. The number of rotatable bonds is 3. The van der Waals surface area contributed by atoms with Crippen LogP contribution in [0.25, 0.3) is 10.9 Å². The van der Waals surface area contributed by atoms with Crippen molar-refractivity contribution >= 4 is 22.5 Å². The van der Waals surface area contributed by atoms with Gasteiger partial charge in [-0.15, -0.1) is 0 Å². The smallest absolute Gasteiger partial charge is 0.241 e. The third-order valence-electron chi connectivity index (χ3n) is 2.77. The molecule has 4 heteroatoms. The van der Waals surface area contributed by atoms with Crippen molar-refractivity contribution in [2.75, 3.05) is 5.32 Å². The van der Waals surface area contributed by atoms with Crippen molar-refractivity contribution in [2.24, 2.45) is 5.92 Å². The van der Waals surface area contributed by atoms with Crippen LogP contribution in [0.4, 0.5) is 5.69 Å².